The predicted octanol–water partition coefficient (Wildman–Crippen LogP) is 3.57. The van der Waals surface area contributed by atoms with Gasteiger partial charge in [-0.15, -0.1) is 0 Å². The van der Waals surface area contributed by atoms with Crippen LogP contribution in [0.4, 0.5) is 17.6 Å². The van der Waals surface area contributed by atoms with Crippen molar-refractivity contribution < 1.29 is 4.52 Å². The van der Waals surface area contributed by atoms with Gasteiger partial charge in [0.2, 0.25) is 5.95 Å². The maximum atomic E-state index is 6.15. The maximum Gasteiger partial charge on any atom is 0.225 e. The molecule has 4 aromatic rings. The zero-order valence-corrected chi connectivity index (χ0v) is 15.0. The molecule has 0 aliphatic rings. The molecule has 0 saturated carbocycles. The Bertz CT molecular complexity index is 1050. The first-order valence-corrected chi connectivity index (χ1v) is 8.47. The zero-order valence-electron chi connectivity index (χ0n) is 14.3. The first-order chi connectivity index (χ1) is 13.2. The molecule has 0 fully saturated rings. The molecule has 0 atom stereocenters. The summed E-state index contributed by atoms with van der Waals surface area (Å²) in [6.07, 6.45) is 3.22. The molecular formula is C17H15ClN8O. The number of pyridine rings is 1. The molecule has 0 aliphatic carbocycles. The highest BCUT2D eigenvalue weighted by Gasteiger charge is 2.10. The topological polar surface area (TPSA) is 117 Å². The molecule has 4 rings (SSSR count). The third kappa shape index (κ3) is 4.04. The zero-order chi connectivity index (χ0) is 18.6. The fourth-order valence-electron chi connectivity index (χ4n) is 2.34. The van der Waals surface area contributed by atoms with Crippen molar-refractivity contribution in [2.45, 2.75) is 13.5 Å². The Labute approximate surface area is 159 Å². The predicted molar refractivity (Wildman–Crippen MR) is 101 cm³/mol. The van der Waals surface area contributed by atoms with Crippen molar-refractivity contribution in [3.8, 4) is 11.4 Å². The van der Waals surface area contributed by atoms with Crippen LogP contribution < -0.4 is 10.6 Å². The number of nitrogens with one attached hydrogen (secondary N) is 3. The van der Waals surface area contributed by atoms with Crippen molar-refractivity contribution >= 4 is 29.2 Å². The maximum absolute atomic E-state index is 6.15. The molecule has 27 heavy (non-hydrogen) atoms. The quantitative estimate of drug-likeness (QED) is 0.463. The Hall–Kier alpha value is -3.46. The molecule has 4 heterocycles. The largest absolute Gasteiger partial charge is 0.359 e. The van der Waals surface area contributed by atoms with Crippen LogP contribution in [-0.2, 0) is 6.54 Å². The van der Waals surface area contributed by atoms with Crippen molar-refractivity contribution in [3.05, 3.63) is 59.2 Å². The van der Waals surface area contributed by atoms with Gasteiger partial charge < -0.3 is 15.2 Å². The second-order valence-electron chi connectivity index (χ2n) is 5.70. The molecule has 136 valence electrons. The molecule has 3 N–H and O–H groups in total. The number of nitrogens with zero attached hydrogens (tertiary/aromatic N) is 5. The smallest absolute Gasteiger partial charge is 0.225 e. The molecule has 0 saturated heterocycles. The first kappa shape index (κ1) is 17.0. The third-order valence-electron chi connectivity index (χ3n) is 3.60. The van der Waals surface area contributed by atoms with Crippen molar-refractivity contribution in [2.24, 2.45) is 0 Å². The summed E-state index contributed by atoms with van der Waals surface area (Å²) >= 11 is 6.15. The van der Waals surface area contributed by atoms with Gasteiger partial charge in [-0.25, -0.2) is 4.98 Å². The summed E-state index contributed by atoms with van der Waals surface area (Å²) in [5, 5.41) is 17.5. The average molecular weight is 383 g/mol. The Morgan fingerprint density at radius 1 is 1.19 bits per heavy atom. The van der Waals surface area contributed by atoms with Crippen LogP contribution in [0.25, 0.3) is 11.4 Å². The highest BCUT2D eigenvalue weighted by molar-refractivity contribution is 6.32. The molecule has 0 spiro atoms. The average Bonchev–Trinajstić information content (AvgIpc) is 3.32. The summed E-state index contributed by atoms with van der Waals surface area (Å²) in [6.45, 7) is 2.27. The molecule has 0 amide bonds. The summed E-state index contributed by atoms with van der Waals surface area (Å²) in [7, 11) is 0. The van der Waals surface area contributed by atoms with E-state index in [1.54, 1.807) is 6.20 Å². The van der Waals surface area contributed by atoms with Gasteiger partial charge in [-0.2, -0.15) is 10.1 Å². The van der Waals surface area contributed by atoms with E-state index in [0.717, 1.165) is 11.4 Å². The van der Waals surface area contributed by atoms with E-state index in [4.69, 9.17) is 16.1 Å². The van der Waals surface area contributed by atoms with Crippen LogP contribution in [0.2, 0.25) is 5.02 Å². The van der Waals surface area contributed by atoms with Gasteiger partial charge in [-0.05, 0) is 19.1 Å². The molecule has 10 heteroatoms. The molecule has 0 aromatic carbocycles. The Balaban J connectivity index is 1.44. The molecular weight excluding hydrogens is 368 g/mol. The number of aryl methyl sites for hydroxylation is 1. The number of aromatic nitrogens is 6. The number of hydrogen-bond donors (Lipinski definition) is 3. The number of halogens is 1. The lowest BCUT2D eigenvalue weighted by Gasteiger charge is -2.07. The van der Waals surface area contributed by atoms with Crippen molar-refractivity contribution in [1.29, 1.82) is 0 Å². The SMILES string of the molecule is Cc1cc(Nc2nc(NCc3cc(-c4ccccn4)no3)ncc2Cl)n[nH]1. The van der Waals surface area contributed by atoms with Gasteiger partial charge in [0.15, 0.2) is 17.4 Å². The lowest BCUT2D eigenvalue weighted by molar-refractivity contribution is 0.389. The summed E-state index contributed by atoms with van der Waals surface area (Å²) in [5.41, 5.74) is 2.34. The second-order valence-corrected chi connectivity index (χ2v) is 6.11. The second kappa shape index (κ2) is 7.42. The van der Waals surface area contributed by atoms with E-state index in [1.807, 2.05) is 37.3 Å². The molecule has 0 unspecified atom stereocenters. The van der Waals surface area contributed by atoms with Crippen LogP contribution in [0.3, 0.4) is 0 Å². The van der Waals surface area contributed by atoms with E-state index in [9.17, 15) is 0 Å². The summed E-state index contributed by atoms with van der Waals surface area (Å²) < 4.78 is 5.33. The highest BCUT2D eigenvalue weighted by Crippen LogP contribution is 2.23. The van der Waals surface area contributed by atoms with Gasteiger partial charge >= 0.3 is 0 Å². The van der Waals surface area contributed by atoms with Crippen LogP contribution in [0.1, 0.15) is 11.5 Å². The number of hydrogen-bond acceptors (Lipinski definition) is 8. The molecule has 0 bridgehead atoms. The number of aromatic amines is 1. The monoisotopic (exact) mass is 382 g/mol. The third-order valence-corrected chi connectivity index (χ3v) is 3.88. The number of H-pyrrole nitrogens is 1. The summed E-state index contributed by atoms with van der Waals surface area (Å²) in [4.78, 5) is 12.8. The van der Waals surface area contributed by atoms with E-state index in [2.05, 4.69) is 40.9 Å². The number of rotatable bonds is 6. The van der Waals surface area contributed by atoms with Crippen LogP contribution in [0, 0.1) is 6.92 Å². The fraction of sp³-hybridized carbons (Fsp3) is 0.118. The van der Waals surface area contributed by atoms with Gasteiger partial charge in [0.05, 0.1) is 18.4 Å². The van der Waals surface area contributed by atoms with Crippen LogP contribution in [0.15, 0.2) is 47.2 Å². The van der Waals surface area contributed by atoms with Gasteiger partial charge in [0.25, 0.3) is 0 Å². The first-order valence-electron chi connectivity index (χ1n) is 8.10. The highest BCUT2D eigenvalue weighted by atomic mass is 35.5. The fourth-order valence-corrected chi connectivity index (χ4v) is 2.48. The van der Waals surface area contributed by atoms with Crippen LogP contribution in [-0.4, -0.2) is 30.3 Å². The van der Waals surface area contributed by atoms with Gasteiger partial charge in [-0.1, -0.05) is 22.8 Å². The minimum atomic E-state index is 0.364. The normalized spacial score (nSPS) is 10.7. The van der Waals surface area contributed by atoms with E-state index in [1.165, 1.54) is 6.20 Å². The van der Waals surface area contributed by atoms with Gasteiger partial charge in [0.1, 0.15) is 10.7 Å². The van der Waals surface area contributed by atoms with Crippen LogP contribution in [0.5, 0.6) is 0 Å². The Morgan fingerprint density at radius 3 is 2.89 bits per heavy atom. The Kier molecular flexibility index (Phi) is 4.67. The van der Waals surface area contributed by atoms with E-state index in [-0.39, 0.29) is 0 Å². The minimum Gasteiger partial charge on any atom is -0.359 e. The Morgan fingerprint density at radius 2 is 2.11 bits per heavy atom. The van der Waals surface area contributed by atoms with E-state index >= 15 is 0 Å². The number of anilines is 3. The minimum absolute atomic E-state index is 0.364. The van der Waals surface area contributed by atoms with Gasteiger partial charge in [0, 0.05) is 24.0 Å². The molecule has 0 aliphatic heterocycles. The standard InChI is InChI=1S/C17H15ClN8O/c1-10-6-15(25-24-10)22-16-12(18)9-21-17(23-16)20-8-11-7-14(26-27-11)13-4-2-3-5-19-13/h2-7,9H,8H2,1H3,(H3,20,21,22,23,24,25). The lowest BCUT2D eigenvalue weighted by atomic mass is 10.2. The molecule has 9 nitrogen and oxygen atoms in total. The lowest BCUT2D eigenvalue weighted by Crippen LogP contribution is -2.05. The molecule has 0 radical (unpaired) electrons. The van der Waals surface area contributed by atoms with Crippen LogP contribution >= 0.6 is 11.6 Å². The van der Waals surface area contributed by atoms with Crippen molar-refractivity contribution in [1.82, 2.24) is 30.3 Å². The van der Waals surface area contributed by atoms with E-state index in [0.29, 0.717) is 40.6 Å². The molecule has 4 aromatic heterocycles. The van der Waals surface area contributed by atoms with E-state index < -0.39 is 0 Å². The van der Waals surface area contributed by atoms with Crippen molar-refractivity contribution in [2.75, 3.05) is 10.6 Å². The van der Waals surface area contributed by atoms with Crippen molar-refractivity contribution in [3.63, 3.8) is 0 Å². The summed E-state index contributed by atoms with van der Waals surface area (Å²) in [5.74, 6) is 2.10. The summed E-state index contributed by atoms with van der Waals surface area (Å²) in [6, 6.07) is 9.27. The van der Waals surface area contributed by atoms with Gasteiger partial charge in [-0.3, -0.25) is 10.1 Å².